The lowest BCUT2D eigenvalue weighted by Gasteiger charge is -2.16. The normalized spacial score (nSPS) is 13.0. The summed E-state index contributed by atoms with van der Waals surface area (Å²) in [5.74, 6) is 0. The van der Waals surface area contributed by atoms with Crippen LogP contribution in [0.1, 0.15) is 18.5 Å². The van der Waals surface area contributed by atoms with Crippen molar-refractivity contribution in [3.05, 3.63) is 41.2 Å². The van der Waals surface area contributed by atoms with Crippen molar-refractivity contribution in [3.8, 4) is 0 Å². The Morgan fingerprint density at radius 3 is 2.67 bits per heavy atom. The molecule has 21 heavy (non-hydrogen) atoms. The highest BCUT2D eigenvalue weighted by Gasteiger charge is 2.11. The molecule has 2 rings (SSSR count). The topological polar surface area (TPSA) is 76.0 Å². The molecule has 1 heterocycles. The van der Waals surface area contributed by atoms with Gasteiger partial charge in [-0.3, -0.25) is 9.40 Å². The number of aromatic nitrogens is 2. The molecule has 0 radical (unpaired) electrons. The molecule has 1 atom stereocenters. The number of aryl methyl sites for hydroxylation is 1. The molecule has 0 amide bonds. The van der Waals surface area contributed by atoms with Crippen LogP contribution < -0.4 is 10.0 Å². The summed E-state index contributed by atoms with van der Waals surface area (Å²) in [4.78, 5) is 0. The molecule has 0 spiro atoms. The molecule has 2 N–H and O–H groups in total. The van der Waals surface area contributed by atoms with Crippen LogP contribution in [0.15, 0.2) is 30.6 Å². The first-order valence-electron chi connectivity index (χ1n) is 6.27. The standard InChI is InChI=1S/C13H17ClN4O2S/c1-9(10-7-15-18(2)8-10)16-13-6-11(4-5-12(13)14)17-21(3,19)20/h4-9,16-17H,1-3H3. The molecular formula is C13H17ClN4O2S. The van der Waals surface area contributed by atoms with E-state index in [0.29, 0.717) is 16.4 Å². The van der Waals surface area contributed by atoms with Crippen LogP contribution in [-0.4, -0.2) is 24.5 Å². The Balaban J connectivity index is 2.21. The predicted molar refractivity (Wildman–Crippen MR) is 85.2 cm³/mol. The van der Waals surface area contributed by atoms with Gasteiger partial charge < -0.3 is 5.32 Å². The van der Waals surface area contributed by atoms with Crippen molar-refractivity contribution in [2.24, 2.45) is 7.05 Å². The number of rotatable bonds is 5. The van der Waals surface area contributed by atoms with Gasteiger partial charge in [0.2, 0.25) is 10.0 Å². The van der Waals surface area contributed by atoms with Gasteiger partial charge in [0.05, 0.1) is 34.9 Å². The zero-order valence-electron chi connectivity index (χ0n) is 12.0. The molecule has 1 aromatic heterocycles. The van der Waals surface area contributed by atoms with E-state index in [-0.39, 0.29) is 6.04 Å². The van der Waals surface area contributed by atoms with Crippen LogP contribution >= 0.6 is 11.6 Å². The average molecular weight is 329 g/mol. The van der Waals surface area contributed by atoms with E-state index >= 15 is 0 Å². The van der Waals surface area contributed by atoms with Gasteiger partial charge in [-0.1, -0.05) is 11.6 Å². The summed E-state index contributed by atoms with van der Waals surface area (Å²) >= 11 is 6.14. The number of nitrogens with one attached hydrogen (secondary N) is 2. The smallest absolute Gasteiger partial charge is 0.229 e. The van der Waals surface area contributed by atoms with Crippen molar-refractivity contribution in [1.82, 2.24) is 9.78 Å². The van der Waals surface area contributed by atoms with Crippen molar-refractivity contribution in [1.29, 1.82) is 0 Å². The van der Waals surface area contributed by atoms with Crippen molar-refractivity contribution in [2.75, 3.05) is 16.3 Å². The van der Waals surface area contributed by atoms with E-state index in [4.69, 9.17) is 11.6 Å². The second kappa shape index (κ2) is 5.95. The molecule has 0 fully saturated rings. The lowest BCUT2D eigenvalue weighted by atomic mass is 10.1. The highest BCUT2D eigenvalue weighted by Crippen LogP contribution is 2.29. The fourth-order valence-corrected chi connectivity index (χ4v) is 2.62. The van der Waals surface area contributed by atoms with Gasteiger partial charge in [0, 0.05) is 18.8 Å². The third kappa shape index (κ3) is 4.37. The summed E-state index contributed by atoms with van der Waals surface area (Å²) in [5, 5.41) is 7.88. The van der Waals surface area contributed by atoms with Crippen LogP contribution in [0.2, 0.25) is 5.02 Å². The first-order chi connectivity index (χ1) is 9.74. The second-order valence-electron chi connectivity index (χ2n) is 4.88. The zero-order valence-corrected chi connectivity index (χ0v) is 13.5. The molecule has 0 bridgehead atoms. The van der Waals surface area contributed by atoms with E-state index in [1.54, 1.807) is 29.1 Å². The van der Waals surface area contributed by atoms with Gasteiger partial charge in [-0.05, 0) is 25.1 Å². The monoisotopic (exact) mass is 328 g/mol. The third-order valence-corrected chi connectivity index (χ3v) is 3.80. The fraction of sp³-hybridized carbons (Fsp3) is 0.308. The number of hydrogen-bond acceptors (Lipinski definition) is 4. The maximum atomic E-state index is 11.3. The maximum absolute atomic E-state index is 11.3. The number of halogens is 1. The summed E-state index contributed by atoms with van der Waals surface area (Å²) in [7, 11) is -1.47. The number of nitrogens with zero attached hydrogens (tertiary/aromatic N) is 2. The molecule has 1 aromatic carbocycles. The molecule has 0 saturated heterocycles. The van der Waals surface area contributed by atoms with Gasteiger partial charge in [-0.25, -0.2) is 8.42 Å². The Morgan fingerprint density at radius 2 is 2.10 bits per heavy atom. The number of sulfonamides is 1. The number of hydrogen-bond donors (Lipinski definition) is 2. The van der Waals surface area contributed by atoms with E-state index in [0.717, 1.165) is 11.8 Å². The molecule has 0 aliphatic heterocycles. The van der Waals surface area contributed by atoms with Gasteiger partial charge in [0.15, 0.2) is 0 Å². The predicted octanol–water partition coefficient (Wildman–Crippen LogP) is 2.62. The highest BCUT2D eigenvalue weighted by atomic mass is 35.5. The molecule has 2 aromatic rings. The van der Waals surface area contributed by atoms with E-state index in [1.807, 2.05) is 20.2 Å². The minimum Gasteiger partial charge on any atom is -0.377 e. The number of benzene rings is 1. The Labute approximate surface area is 129 Å². The van der Waals surface area contributed by atoms with E-state index in [9.17, 15) is 8.42 Å². The fourth-order valence-electron chi connectivity index (χ4n) is 1.89. The number of anilines is 2. The van der Waals surface area contributed by atoms with Crippen molar-refractivity contribution < 1.29 is 8.42 Å². The van der Waals surface area contributed by atoms with Gasteiger partial charge >= 0.3 is 0 Å². The highest BCUT2D eigenvalue weighted by molar-refractivity contribution is 7.92. The summed E-state index contributed by atoms with van der Waals surface area (Å²) < 4.78 is 26.7. The Morgan fingerprint density at radius 1 is 1.38 bits per heavy atom. The van der Waals surface area contributed by atoms with Gasteiger partial charge in [-0.15, -0.1) is 0 Å². The summed E-state index contributed by atoms with van der Waals surface area (Å²) in [6.07, 6.45) is 4.78. The van der Waals surface area contributed by atoms with Crippen LogP contribution in [0.4, 0.5) is 11.4 Å². The molecule has 114 valence electrons. The Bertz CT molecular complexity index is 742. The van der Waals surface area contributed by atoms with Crippen molar-refractivity contribution in [3.63, 3.8) is 0 Å². The summed E-state index contributed by atoms with van der Waals surface area (Å²) in [6, 6.07) is 4.91. The minimum absolute atomic E-state index is 0.00955. The third-order valence-electron chi connectivity index (χ3n) is 2.87. The molecule has 0 aliphatic carbocycles. The average Bonchev–Trinajstić information content (AvgIpc) is 2.78. The quantitative estimate of drug-likeness (QED) is 0.884. The molecule has 0 aliphatic rings. The van der Waals surface area contributed by atoms with Crippen LogP contribution in [-0.2, 0) is 17.1 Å². The maximum Gasteiger partial charge on any atom is 0.229 e. The first kappa shape index (κ1) is 15.7. The summed E-state index contributed by atoms with van der Waals surface area (Å²) in [5.41, 5.74) is 2.12. The van der Waals surface area contributed by atoms with E-state index in [2.05, 4.69) is 15.1 Å². The molecule has 8 heteroatoms. The van der Waals surface area contributed by atoms with Gasteiger partial charge in [0.1, 0.15) is 0 Å². The Kier molecular flexibility index (Phi) is 4.43. The second-order valence-corrected chi connectivity index (χ2v) is 7.04. The molecule has 1 unspecified atom stereocenters. The van der Waals surface area contributed by atoms with Gasteiger partial charge in [0.25, 0.3) is 0 Å². The van der Waals surface area contributed by atoms with Gasteiger partial charge in [-0.2, -0.15) is 5.10 Å². The van der Waals surface area contributed by atoms with E-state index < -0.39 is 10.0 Å². The summed E-state index contributed by atoms with van der Waals surface area (Å²) in [6.45, 7) is 1.98. The van der Waals surface area contributed by atoms with Crippen molar-refractivity contribution >= 4 is 33.0 Å². The minimum atomic E-state index is -3.32. The van der Waals surface area contributed by atoms with Crippen molar-refractivity contribution in [2.45, 2.75) is 13.0 Å². The van der Waals surface area contributed by atoms with Crippen LogP contribution in [0.3, 0.4) is 0 Å². The SMILES string of the molecule is CC(Nc1cc(NS(C)(=O)=O)ccc1Cl)c1cnn(C)c1. The molecule has 6 nitrogen and oxygen atoms in total. The zero-order chi connectivity index (χ0) is 15.6. The largest absolute Gasteiger partial charge is 0.377 e. The van der Waals surface area contributed by atoms with Crippen LogP contribution in [0.5, 0.6) is 0 Å². The molecular weight excluding hydrogens is 312 g/mol. The van der Waals surface area contributed by atoms with E-state index in [1.165, 1.54) is 0 Å². The lowest BCUT2D eigenvalue weighted by Crippen LogP contribution is -2.11. The molecule has 0 saturated carbocycles. The Hall–Kier alpha value is -1.73. The van der Waals surface area contributed by atoms with Crippen LogP contribution in [0, 0.1) is 0 Å². The lowest BCUT2D eigenvalue weighted by molar-refractivity contribution is 0.607. The first-order valence-corrected chi connectivity index (χ1v) is 8.54. The van der Waals surface area contributed by atoms with Crippen LogP contribution in [0.25, 0.3) is 0 Å².